The summed E-state index contributed by atoms with van der Waals surface area (Å²) >= 11 is 0. The van der Waals surface area contributed by atoms with E-state index in [1.807, 2.05) is 0 Å². The average Bonchev–Trinajstić information content (AvgIpc) is 2.10. The quantitative estimate of drug-likeness (QED) is 0.350. The number of phosphoric acid groups is 1. The third-order valence-corrected chi connectivity index (χ3v) is 1.89. The molecule has 3 N–H and O–H groups in total. The van der Waals surface area contributed by atoms with Gasteiger partial charge in [0.05, 0.1) is 5.56 Å². The molecule has 0 bridgehead atoms. The number of benzene rings is 1. The van der Waals surface area contributed by atoms with Crippen molar-refractivity contribution in [2.45, 2.75) is 0 Å². The summed E-state index contributed by atoms with van der Waals surface area (Å²) in [6.45, 7) is 0. The topological polar surface area (TPSA) is 150 Å². The molecule has 0 heterocycles. The van der Waals surface area contributed by atoms with Crippen molar-refractivity contribution in [1.29, 1.82) is 0 Å². The maximum absolute atomic E-state index is 11.0. The zero-order valence-corrected chi connectivity index (χ0v) is 9.68. The van der Waals surface area contributed by atoms with Crippen LogP contribution >= 0.6 is 7.82 Å². The van der Waals surface area contributed by atoms with Crippen LogP contribution in [0.5, 0.6) is 17.2 Å². The smallest absolute Gasteiger partial charge is 0.780 e. The Hall–Kier alpha value is -1.27. The number of rotatable bonds is 2. The Kier molecular flexibility index (Phi) is 4.98. The van der Waals surface area contributed by atoms with E-state index in [1.165, 1.54) is 0 Å². The Bertz CT molecular complexity index is 458. The van der Waals surface area contributed by atoms with Gasteiger partial charge in [0, 0.05) is 0 Å². The van der Waals surface area contributed by atoms with E-state index in [0.717, 1.165) is 0 Å². The number of phosphoric ester groups is 1. The summed E-state index contributed by atoms with van der Waals surface area (Å²) in [5.74, 6) is -4.18. The molecular weight excluding hydrogens is 302 g/mol. The Labute approximate surface area is 105 Å². The zero-order valence-electron chi connectivity index (χ0n) is 7.80. The summed E-state index contributed by atoms with van der Waals surface area (Å²) in [5.41, 5.74) is -0.597. The van der Waals surface area contributed by atoms with Gasteiger partial charge < -0.3 is 34.2 Å². The predicted octanol–water partition coefficient (Wildman–Crippen LogP) is -1.21. The molecule has 1 aromatic carbocycles. The van der Waals surface area contributed by atoms with Crippen LogP contribution in [0.2, 0.25) is 0 Å². The molecule has 10 heteroatoms. The third kappa shape index (κ3) is 4.24. The Morgan fingerprint density at radius 3 is 1.94 bits per heavy atom. The summed E-state index contributed by atoms with van der Waals surface area (Å²) in [7, 11) is -5.50. The van der Waals surface area contributed by atoms with Crippen molar-refractivity contribution in [1.82, 2.24) is 0 Å². The molecule has 0 fully saturated rings. The second-order valence-electron chi connectivity index (χ2n) is 2.69. The first-order chi connectivity index (χ1) is 7.20. The number of phenolic OH excluding ortho intramolecular Hbond substituents is 3. The monoisotopic (exact) mass is 306 g/mol. The van der Waals surface area contributed by atoms with E-state index in [0.29, 0.717) is 12.1 Å². The van der Waals surface area contributed by atoms with Crippen molar-refractivity contribution in [3.8, 4) is 17.2 Å². The molecule has 17 heavy (non-hydrogen) atoms. The van der Waals surface area contributed by atoms with E-state index in [-0.39, 0.29) is 16.5 Å². The number of hydrogen-bond donors (Lipinski definition) is 3. The molecule has 0 spiro atoms. The maximum atomic E-state index is 11.0. The molecule has 0 saturated heterocycles. The summed E-state index contributed by atoms with van der Waals surface area (Å²) in [6, 6.07) is 1.26. The van der Waals surface area contributed by atoms with Crippen LogP contribution in [0.15, 0.2) is 12.1 Å². The van der Waals surface area contributed by atoms with Crippen molar-refractivity contribution in [2.24, 2.45) is 0 Å². The van der Waals surface area contributed by atoms with Gasteiger partial charge in [-0.3, -0.25) is 0 Å². The van der Waals surface area contributed by atoms with Crippen molar-refractivity contribution < 1.29 is 55.5 Å². The van der Waals surface area contributed by atoms with E-state index in [2.05, 4.69) is 4.52 Å². The van der Waals surface area contributed by atoms with Crippen LogP contribution in [0, 0.1) is 0 Å². The van der Waals surface area contributed by atoms with Gasteiger partial charge in [-0.25, -0.2) is 4.79 Å². The molecule has 0 amide bonds. The molecule has 1 rings (SSSR count). The largest absolute Gasteiger partial charge is 2.00 e. The molecule has 0 radical (unpaired) electrons. The predicted molar refractivity (Wildman–Crippen MR) is 44.5 cm³/mol. The molecule has 0 aliphatic rings. The molecule has 1 aromatic rings. The minimum atomic E-state index is -5.50. The summed E-state index contributed by atoms with van der Waals surface area (Å²) in [5, 5.41) is 26.9. The Morgan fingerprint density at radius 2 is 1.59 bits per heavy atom. The minimum absolute atomic E-state index is 0. The van der Waals surface area contributed by atoms with E-state index >= 15 is 0 Å². The van der Waals surface area contributed by atoms with Crippen molar-refractivity contribution in [3.63, 3.8) is 0 Å². The van der Waals surface area contributed by atoms with Crippen LogP contribution < -0.4 is 9.79 Å². The first kappa shape index (κ1) is 15.7. The van der Waals surface area contributed by atoms with Crippen LogP contribution in [0.25, 0.3) is 0 Å². The van der Waals surface area contributed by atoms with E-state index in [4.69, 9.17) is 15.3 Å². The van der Waals surface area contributed by atoms with Gasteiger partial charge >= 0.3 is 22.5 Å². The minimum Gasteiger partial charge on any atom is -0.780 e. The fraction of sp³-hybridized carbons (Fsp3) is 0. The Morgan fingerprint density at radius 1 is 1.18 bits per heavy atom. The maximum Gasteiger partial charge on any atom is 2.00 e. The molecule has 0 unspecified atom stereocenters. The van der Waals surface area contributed by atoms with Gasteiger partial charge in [0.2, 0.25) is 0 Å². The fourth-order valence-electron chi connectivity index (χ4n) is 0.876. The second-order valence-corrected chi connectivity index (χ2v) is 3.77. The summed E-state index contributed by atoms with van der Waals surface area (Å²) in [4.78, 5) is 31.2. The van der Waals surface area contributed by atoms with Crippen molar-refractivity contribution in [2.75, 3.05) is 0 Å². The number of hydrogen-bond acceptors (Lipinski definition) is 8. The van der Waals surface area contributed by atoms with Gasteiger partial charge in [0.15, 0.2) is 17.2 Å². The molecule has 0 atom stereocenters. The summed E-state index contributed by atoms with van der Waals surface area (Å²) < 4.78 is 13.6. The van der Waals surface area contributed by atoms with E-state index in [1.54, 1.807) is 0 Å². The number of phenols is 3. The molecular formula is C7H5NiO8P. The van der Waals surface area contributed by atoms with E-state index in [9.17, 15) is 19.1 Å². The first-order valence-electron chi connectivity index (χ1n) is 3.71. The van der Waals surface area contributed by atoms with Crippen molar-refractivity contribution >= 4 is 13.8 Å². The van der Waals surface area contributed by atoms with Gasteiger partial charge in [-0.05, 0) is 12.1 Å². The fourth-order valence-corrected chi connectivity index (χ4v) is 1.18. The second kappa shape index (κ2) is 5.38. The number of aromatic hydroxyl groups is 3. The average molecular weight is 307 g/mol. The van der Waals surface area contributed by atoms with Crippen molar-refractivity contribution in [3.05, 3.63) is 17.7 Å². The molecule has 0 saturated carbocycles. The number of carbonyl (C=O) groups is 1. The molecule has 8 nitrogen and oxygen atoms in total. The zero-order chi connectivity index (χ0) is 12.5. The molecule has 0 aliphatic carbocycles. The standard InChI is InChI=1S/C7H7O8P.Ni/c8-4-1-3(2-5(9)6(4)10)7(11)15-16(12,13)14;/h1-2,8-10H,(H2,12,13,14);/q;+2/p-2. The number of carbonyl (C=O) groups excluding carboxylic acids is 1. The normalized spacial score (nSPS) is 10.5. The first-order valence-corrected chi connectivity index (χ1v) is 5.17. The van der Waals surface area contributed by atoms with Gasteiger partial charge in [0.1, 0.15) is 7.82 Å². The Balaban J connectivity index is 0.00000256. The van der Waals surface area contributed by atoms with Crippen LogP contribution in [0.4, 0.5) is 0 Å². The van der Waals surface area contributed by atoms with Crippen LogP contribution in [-0.2, 0) is 25.6 Å². The SMILES string of the molecule is O=C(OP(=O)([O-])[O-])c1cc(O)c(O)c(O)c1.[Ni+2]. The van der Waals surface area contributed by atoms with Gasteiger partial charge in [-0.15, -0.1) is 0 Å². The van der Waals surface area contributed by atoms with Gasteiger partial charge in [0.25, 0.3) is 0 Å². The van der Waals surface area contributed by atoms with Crippen LogP contribution in [0.1, 0.15) is 10.4 Å². The van der Waals surface area contributed by atoms with Gasteiger partial charge in [-0.2, -0.15) is 0 Å². The summed E-state index contributed by atoms with van der Waals surface area (Å²) in [6.07, 6.45) is 0. The van der Waals surface area contributed by atoms with E-state index < -0.39 is 36.6 Å². The third-order valence-electron chi connectivity index (χ3n) is 1.50. The van der Waals surface area contributed by atoms with Crippen LogP contribution in [-0.4, -0.2) is 21.3 Å². The van der Waals surface area contributed by atoms with Crippen LogP contribution in [0.3, 0.4) is 0 Å². The molecule has 0 aromatic heterocycles. The molecule has 96 valence electrons. The molecule has 0 aliphatic heterocycles. The van der Waals surface area contributed by atoms with Gasteiger partial charge in [-0.1, -0.05) is 0 Å².